The molecule has 2 aromatic rings. The van der Waals surface area contributed by atoms with Gasteiger partial charge in [0.15, 0.2) is 11.3 Å². The Hall–Kier alpha value is -1.52. The zero-order chi connectivity index (χ0) is 15.1. The third-order valence-corrected chi connectivity index (χ3v) is 4.28. The molecule has 21 heavy (non-hydrogen) atoms. The zero-order valence-corrected chi connectivity index (χ0v) is 13.1. The predicted molar refractivity (Wildman–Crippen MR) is 81.9 cm³/mol. The number of furan rings is 1. The van der Waals surface area contributed by atoms with Gasteiger partial charge in [0.1, 0.15) is 0 Å². The number of amides is 1. The van der Waals surface area contributed by atoms with Crippen molar-refractivity contribution in [1.29, 1.82) is 0 Å². The Balaban J connectivity index is 2.01. The maximum Gasteiger partial charge on any atom is 0.290 e. The Morgan fingerprint density at radius 3 is 2.86 bits per heavy atom. The molecule has 0 N–H and O–H groups in total. The van der Waals surface area contributed by atoms with Crippen molar-refractivity contribution in [2.24, 2.45) is 0 Å². The van der Waals surface area contributed by atoms with Crippen LogP contribution in [0.25, 0.3) is 11.0 Å². The van der Waals surface area contributed by atoms with Gasteiger partial charge < -0.3 is 14.1 Å². The van der Waals surface area contributed by atoms with Crippen LogP contribution in [0.1, 0.15) is 30.0 Å². The summed E-state index contributed by atoms with van der Waals surface area (Å²) in [6, 6.07) is 5.58. The van der Waals surface area contributed by atoms with Gasteiger partial charge in [-0.2, -0.15) is 0 Å². The molecule has 2 unspecified atom stereocenters. The van der Waals surface area contributed by atoms with Crippen molar-refractivity contribution in [3.05, 3.63) is 34.5 Å². The molecule has 0 aliphatic carbocycles. The Kier molecular flexibility index (Phi) is 3.68. The van der Waals surface area contributed by atoms with Crippen molar-refractivity contribution in [2.45, 2.75) is 32.9 Å². The molecule has 0 bridgehead atoms. The lowest BCUT2D eigenvalue weighted by molar-refractivity contribution is -0.0396. The van der Waals surface area contributed by atoms with Crippen molar-refractivity contribution in [2.75, 3.05) is 13.2 Å². The molecule has 1 amide bonds. The van der Waals surface area contributed by atoms with Gasteiger partial charge in [-0.05, 0) is 26.8 Å². The van der Waals surface area contributed by atoms with Crippen LogP contribution in [0.5, 0.6) is 0 Å². The first kappa shape index (κ1) is 14.4. The first-order valence-electron chi connectivity index (χ1n) is 7.09. The summed E-state index contributed by atoms with van der Waals surface area (Å²) >= 11 is 6.15. The molecule has 0 saturated carbocycles. The first-order valence-corrected chi connectivity index (χ1v) is 7.47. The van der Waals surface area contributed by atoms with Gasteiger partial charge >= 0.3 is 0 Å². The third-order valence-electron chi connectivity index (χ3n) is 3.98. The second-order valence-corrected chi connectivity index (χ2v) is 6.03. The predicted octanol–water partition coefficient (Wildman–Crippen LogP) is 3.64. The minimum atomic E-state index is -0.0950. The fourth-order valence-electron chi connectivity index (χ4n) is 2.73. The number of carbonyl (C=O) groups excluding carboxylic acids is 1. The average molecular weight is 308 g/mol. The molecular weight excluding hydrogens is 290 g/mol. The minimum absolute atomic E-state index is 0.0387. The molecule has 5 heteroatoms. The normalized spacial score (nSPS) is 22.8. The molecule has 2 heterocycles. The van der Waals surface area contributed by atoms with Crippen LogP contribution in [-0.4, -0.2) is 36.1 Å². The zero-order valence-electron chi connectivity index (χ0n) is 12.4. The van der Waals surface area contributed by atoms with Gasteiger partial charge in [0.05, 0.1) is 23.8 Å². The Bertz CT molecular complexity index is 694. The maximum absolute atomic E-state index is 12.8. The highest BCUT2D eigenvalue weighted by molar-refractivity contribution is 6.35. The number of hydrogen-bond acceptors (Lipinski definition) is 3. The second-order valence-electron chi connectivity index (χ2n) is 5.62. The fraction of sp³-hybridized carbons (Fsp3) is 0.438. The molecule has 1 saturated heterocycles. The van der Waals surface area contributed by atoms with Crippen LogP contribution in [0, 0.1) is 6.92 Å². The van der Waals surface area contributed by atoms with E-state index in [0.717, 1.165) is 10.9 Å². The topological polar surface area (TPSA) is 42.7 Å². The summed E-state index contributed by atoms with van der Waals surface area (Å²) in [6.07, 6.45) is 0.0402. The smallest absolute Gasteiger partial charge is 0.290 e. The number of rotatable bonds is 1. The van der Waals surface area contributed by atoms with Crippen molar-refractivity contribution in [1.82, 2.24) is 4.90 Å². The highest BCUT2D eigenvalue weighted by Crippen LogP contribution is 2.31. The molecule has 1 aliphatic rings. The Labute approximate surface area is 128 Å². The van der Waals surface area contributed by atoms with E-state index in [1.807, 2.05) is 37.8 Å². The van der Waals surface area contributed by atoms with Crippen LogP contribution in [0.2, 0.25) is 5.02 Å². The number of hydrogen-bond donors (Lipinski definition) is 0. The SMILES string of the molecule is Cc1c(C(=O)N2CC(C)OCC2C)oc2c(Cl)cccc12. The highest BCUT2D eigenvalue weighted by Gasteiger charge is 2.31. The van der Waals surface area contributed by atoms with Gasteiger partial charge in [0.25, 0.3) is 5.91 Å². The van der Waals surface area contributed by atoms with E-state index in [1.54, 1.807) is 6.07 Å². The van der Waals surface area contributed by atoms with E-state index < -0.39 is 0 Å². The van der Waals surface area contributed by atoms with Crippen molar-refractivity contribution >= 4 is 28.5 Å². The van der Waals surface area contributed by atoms with Crippen LogP contribution < -0.4 is 0 Å². The van der Waals surface area contributed by atoms with Gasteiger partial charge in [-0.15, -0.1) is 0 Å². The molecule has 1 fully saturated rings. The number of benzene rings is 1. The molecule has 4 nitrogen and oxygen atoms in total. The van der Waals surface area contributed by atoms with Gasteiger partial charge in [0, 0.05) is 17.5 Å². The van der Waals surface area contributed by atoms with Gasteiger partial charge in [-0.3, -0.25) is 4.79 Å². The van der Waals surface area contributed by atoms with Crippen LogP contribution in [0.3, 0.4) is 0 Å². The highest BCUT2D eigenvalue weighted by atomic mass is 35.5. The summed E-state index contributed by atoms with van der Waals surface area (Å²) in [5.74, 6) is 0.279. The maximum atomic E-state index is 12.8. The summed E-state index contributed by atoms with van der Waals surface area (Å²) < 4.78 is 11.3. The number of aryl methyl sites for hydroxylation is 1. The number of carbonyl (C=O) groups is 1. The number of ether oxygens (including phenoxy) is 1. The van der Waals surface area contributed by atoms with Crippen LogP contribution >= 0.6 is 11.6 Å². The fourth-order valence-corrected chi connectivity index (χ4v) is 2.94. The molecule has 1 aliphatic heterocycles. The lowest BCUT2D eigenvalue weighted by atomic mass is 10.1. The lowest BCUT2D eigenvalue weighted by Crippen LogP contribution is -2.50. The molecule has 0 radical (unpaired) electrons. The summed E-state index contributed by atoms with van der Waals surface area (Å²) in [6.45, 7) is 6.96. The van der Waals surface area contributed by atoms with Gasteiger partial charge in [0.2, 0.25) is 0 Å². The third kappa shape index (κ3) is 2.43. The van der Waals surface area contributed by atoms with Gasteiger partial charge in [-0.1, -0.05) is 23.7 Å². The molecular formula is C16H18ClNO3. The Morgan fingerprint density at radius 1 is 1.38 bits per heavy atom. The van der Waals surface area contributed by atoms with E-state index in [1.165, 1.54) is 0 Å². The average Bonchev–Trinajstić information content (AvgIpc) is 2.80. The van der Waals surface area contributed by atoms with Crippen molar-refractivity contribution in [3.8, 4) is 0 Å². The quantitative estimate of drug-likeness (QED) is 0.807. The standard InChI is InChI=1S/C16H18ClNO3/c1-9-8-20-10(2)7-18(9)16(19)14-11(3)12-5-4-6-13(17)15(12)21-14/h4-6,9-10H,7-8H2,1-3H3. The summed E-state index contributed by atoms with van der Waals surface area (Å²) in [4.78, 5) is 14.6. The minimum Gasteiger partial charge on any atom is -0.449 e. The van der Waals surface area contributed by atoms with Crippen LogP contribution in [0.15, 0.2) is 22.6 Å². The number of nitrogens with zero attached hydrogens (tertiary/aromatic N) is 1. The van der Waals surface area contributed by atoms with Crippen LogP contribution in [0.4, 0.5) is 0 Å². The van der Waals surface area contributed by atoms with E-state index in [4.69, 9.17) is 20.8 Å². The van der Waals surface area contributed by atoms with Crippen molar-refractivity contribution < 1.29 is 13.9 Å². The van der Waals surface area contributed by atoms with E-state index in [9.17, 15) is 4.79 Å². The molecule has 1 aromatic heterocycles. The molecule has 112 valence electrons. The van der Waals surface area contributed by atoms with E-state index in [2.05, 4.69) is 0 Å². The Morgan fingerprint density at radius 2 is 2.14 bits per heavy atom. The van der Waals surface area contributed by atoms with Crippen LogP contribution in [-0.2, 0) is 4.74 Å². The van der Waals surface area contributed by atoms with E-state index in [-0.39, 0.29) is 18.1 Å². The monoisotopic (exact) mass is 307 g/mol. The number of morpholine rings is 1. The number of halogens is 1. The lowest BCUT2D eigenvalue weighted by Gasteiger charge is -2.36. The van der Waals surface area contributed by atoms with Crippen molar-refractivity contribution in [3.63, 3.8) is 0 Å². The second kappa shape index (κ2) is 5.35. The van der Waals surface area contributed by atoms with Gasteiger partial charge in [-0.25, -0.2) is 0 Å². The van der Waals surface area contributed by atoms with E-state index in [0.29, 0.717) is 29.5 Å². The molecule has 0 spiro atoms. The molecule has 3 rings (SSSR count). The summed E-state index contributed by atoms with van der Waals surface area (Å²) in [7, 11) is 0. The first-order chi connectivity index (χ1) is 9.99. The number of para-hydroxylation sites is 1. The molecule has 1 aromatic carbocycles. The largest absolute Gasteiger partial charge is 0.449 e. The summed E-state index contributed by atoms with van der Waals surface area (Å²) in [5.41, 5.74) is 1.41. The van der Waals surface area contributed by atoms with E-state index >= 15 is 0 Å². The number of fused-ring (bicyclic) bond motifs is 1. The summed E-state index contributed by atoms with van der Waals surface area (Å²) in [5, 5.41) is 1.41. The molecule has 2 atom stereocenters.